The van der Waals surface area contributed by atoms with Crippen LogP contribution in [0.25, 0.3) is 5.32 Å². The summed E-state index contributed by atoms with van der Waals surface area (Å²) in [5, 5.41) is 16.2. The van der Waals surface area contributed by atoms with Crippen molar-refractivity contribution in [2.75, 3.05) is 26.7 Å². The molecular formula is C25H47F2N4O5Y-. The van der Waals surface area contributed by atoms with Crippen LogP contribution in [0.4, 0.5) is 8.78 Å². The fraction of sp³-hybridized carbons (Fsp3) is 0.840. The second kappa shape index (κ2) is 21.8. The maximum Gasteiger partial charge on any atom is 0.289 e. The number of hydrogen-bond acceptors (Lipinski definition) is 5. The van der Waals surface area contributed by atoms with Gasteiger partial charge in [-0.1, -0.05) is 48.1 Å². The summed E-state index contributed by atoms with van der Waals surface area (Å²) >= 11 is 0. The van der Waals surface area contributed by atoms with Crippen LogP contribution < -0.4 is 10.6 Å². The molecule has 1 unspecified atom stereocenters. The van der Waals surface area contributed by atoms with Gasteiger partial charge in [0.1, 0.15) is 6.04 Å². The van der Waals surface area contributed by atoms with Gasteiger partial charge >= 0.3 is 0 Å². The van der Waals surface area contributed by atoms with Crippen molar-refractivity contribution in [3.05, 3.63) is 5.32 Å². The molecule has 0 aromatic rings. The molecule has 12 heteroatoms. The van der Waals surface area contributed by atoms with Crippen molar-refractivity contribution in [1.29, 1.82) is 0 Å². The van der Waals surface area contributed by atoms with E-state index in [1.54, 1.807) is 0 Å². The predicted molar refractivity (Wildman–Crippen MR) is 137 cm³/mol. The third-order valence-electron chi connectivity index (χ3n) is 4.68. The van der Waals surface area contributed by atoms with Gasteiger partial charge in [0.05, 0.1) is 6.54 Å². The van der Waals surface area contributed by atoms with E-state index in [1.807, 2.05) is 13.8 Å². The van der Waals surface area contributed by atoms with Gasteiger partial charge in [-0.2, -0.15) is 0 Å². The number of nitrogens with zero attached hydrogens (tertiary/aromatic N) is 2. The number of hydrogen-bond donors (Lipinski definition) is 3. The standard InChI is InChI=1S/C16H25N4O4.C4H8F2.C4H10.CH4O.Y/c1-10(2)17-9-14(22)20-7-3-4-12(20)15(23)18-8-13(21)16(24)19-11-5-6-11;1-3-4(2,5)6;1-4(2)3;1-2;/h10-12H,3-9H2,1-2H3,(H,18,23)(H,19,24);3H2,1-2H3;4H,1-3H3;2H,1H3;/q-1;;;;. The van der Waals surface area contributed by atoms with E-state index in [0.29, 0.717) is 13.0 Å². The Bertz CT molecular complexity index is 669. The first-order chi connectivity index (χ1) is 16.7. The molecule has 2 aliphatic rings. The van der Waals surface area contributed by atoms with E-state index in [2.05, 4.69) is 36.7 Å². The maximum atomic E-state index is 12.2. The monoisotopic (exact) mass is 610 g/mol. The fourth-order valence-electron chi connectivity index (χ4n) is 2.55. The number of carbonyl (C=O) groups excluding carboxylic acids is 4. The molecule has 2 rings (SSSR count). The van der Waals surface area contributed by atoms with Gasteiger partial charge in [0.2, 0.25) is 23.5 Å². The molecule has 1 aliphatic heterocycles. The van der Waals surface area contributed by atoms with Crippen molar-refractivity contribution < 1.29 is 65.8 Å². The van der Waals surface area contributed by atoms with Gasteiger partial charge in [0.15, 0.2) is 0 Å². The molecule has 1 saturated heterocycles. The van der Waals surface area contributed by atoms with Gasteiger partial charge in [-0.25, -0.2) is 8.78 Å². The largest absolute Gasteiger partial charge is 0.652 e. The number of carbonyl (C=O) groups is 4. The number of aliphatic hydroxyl groups excluding tert-OH is 1. The van der Waals surface area contributed by atoms with Crippen LogP contribution in [0.1, 0.15) is 80.6 Å². The normalized spacial score (nSPS) is 16.1. The molecule has 3 N–H and O–H groups in total. The Morgan fingerprint density at radius 1 is 1.05 bits per heavy atom. The molecule has 0 bridgehead atoms. The average Bonchev–Trinajstić information content (AvgIpc) is 3.47. The van der Waals surface area contributed by atoms with Crippen LogP contribution in [0, 0.1) is 5.92 Å². The Morgan fingerprint density at radius 3 is 1.95 bits per heavy atom. The molecule has 1 heterocycles. The number of alkyl halides is 2. The number of rotatable bonds is 9. The molecule has 3 amide bonds. The van der Waals surface area contributed by atoms with Gasteiger partial charge in [-0.3, -0.25) is 19.2 Å². The zero-order valence-corrected chi connectivity index (χ0v) is 26.6. The quantitative estimate of drug-likeness (QED) is 0.346. The van der Waals surface area contributed by atoms with E-state index >= 15 is 0 Å². The Balaban J connectivity index is -0.000000749. The van der Waals surface area contributed by atoms with E-state index in [-0.39, 0.29) is 70.2 Å². The Labute approximate surface area is 246 Å². The van der Waals surface area contributed by atoms with Crippen LogP contribution in [-0.4, -0.2) is 84.3 Å². The van der Waals surface area contributed by atoms with Crippen LogP contribution in [0.2, 0.25) is 0 Å². The number of Topliss-reactive ketones (excluding diaryl/α,β-unsaturated/α-hetero) is 1. The number of likely N-dealkylation sites (tertiary alicyclic amines) is 1. The van der Waals surface area contributed by atoms with Crippen LogP contribution in [0.15, 0.2) is 0 Å². The smallest absolute Gasteiger partial charge is 0.289 e. The fourth-order valence-corrected chi connectivity index (χ4v) is 2.55. The molecule has 2 fully saturated rings. The minimum atomic E-state index is -2.46. The number of amides is 3. The minimum absolute atomic E-state index is 0. The van der Waals surface area contributed by atoms with E-state index in [9.17, 15) is 28.0 Å². The topological polar surface area (TPSA) is 130 Å². The molecule has 0 aromatic carbocycles. The summed E-state index contributed by atoms with van der Waals surface area (Å²) in [5.74, 6) is -3.52. The van der Waals surface area contributed by atoms with Crippen molar-refractivity contribution in [2.45, 2.75) is 105 Å². The Hall–Kier alpha value is -1.04. The van der Waals surface area contributed by atoms with E-state index in [0.717, 1.165) is 39.2 Å². The first kappa shape index (κ1) is 40.5. The third-order valence-corrected chi connectivity index (χ3v) is 4.68. The molecule has 1 atom stereocenters. The van der Waals surface area contributed by atoms with Crippen LogP contribution in [-0.2, 0) is 51.9 Å². The Morgan fingerprint density at radius 2 is 1.54 bits per heavy atom. The SMILES string of the molecule is CC(C)C.CC(C)[N-]CC(=O)N1CCCC1C(=O)NCC(=O)C(=O)NC1CC1.CCC(C)(F)F.CO.[Y]. The third kappa shape index (κ3) is 22.6. The summed E-state index contributed by atoms with van der Waals surface area (Å²) in [6.07, 6.45) is 3.02. The molecule has 0 spiro atoms. The average molecular weight is 611 g/mol. The summed E-state index contributed by atoms with van der Waals surface area (Å²) < 4.78 is 22.9. The van der Waals surface area contributed by atoms with Crippen molar-refractivity contribution in [3.63, 3.8) is 0 Å². The number of aliphatic hydroxyl groups is 1. The van der Waals surface area contributed by atoms with E-state index in [4.69, 9.17) is 5.11 Å². The molecule has 37 heavy (non-hydrogen) atoms. The first-order valence-corrected chi connectivity index (χ1v) is 12.6. The summed E-state index contributed by atoms with van der Waals surface area (Å²) in [6, 6.07) is -0.421. The summed E-state index contributed by atoms with van der Waals surface area (Å²) in [5.41, 5.74) is 0. The molecular weight excluding hydrogens is 563 g/mol. The van der Waals surface area contributed by atoms with Crippen LogP contribution in [0.3, 0.4) is 0 Å². The van der Waals surface area contributed by atoms with Gasteiger partial charge in [0.25, 0.3) is 5.91 Å². The predicted octanol–water partition coefficient (Wildman–Crippen LogP) is 3.04. The van der Waals surface area contributed by atoms with Crippen LogP contribution >= 0.6 is 0 Å². The molecule has 9 nitrogen and oxygen atoms in total. The molecule has 215 valence electrons. The van der Waals surface area contributed by atoms with E-state index < -0.39 is 29.6 Å². The summed E-state index contributed by atoms with van der Waals surface area (Å²) in [7, 11) is 1.00. The van der Waals surface area contributed by atoms with Gasteiger partial charge in [-0.15, -0.1) is 6.04 Å². The zero-order valence-electron chi connectivity index (χ0n) is 23.8. The molecule has 1 aliphatic carbocycles. The van der Waals surface area contributed by atoms with Gasteiger partial charge < -0.3 is 26.0 Å². The summed E-state index contributed by atoms with van der Waals surface area (Å²) in [4.78, 5) is 49.2. The molecule has 1 radical (unpaired) electrons. The second-order valence-corrected chi connectivity index (χ2v) is 9.72. The van der Waals surface area contributed by atoms with Crippen molar-refractivity contribution in [1.82, 2.24) is 15.5 Å². The first-order valence-electron chi connectivity index (χ1n) is 12.6. The van der Waals surface area contributed by atoms with Crippen molar-refractivity contribution >= 4 is 23.5 Å². The number of nitrogens with one attached hydrogen (secondary N) is 2. The number of halogens is 2. The zero-order chi connectivity index (χ0) is 28.5. The number of ketones is 1. The Kier molecular flexibility index (Phi) is 23.9. The minimum Gasteiger partial charge on any atom is -0.652 e. The maximum absolute atomic E-state index is 12.2. The summed E-state index contributed by atoms with van der Waals surface area (Å²) in [6.45, 7) is 12.9. The van der Waals surface area contributed by atoms with E-state index in [1.165, 1.54) is 11.8 Å². The van der Waals surface area contributed by atoms with Crippen molar-refractivity contribution in [3.8, 4) is 0 Å². The van der Waals surface area contributed by atoms with Gasteiger partial charge in [0, 0.05) is 58.8 Å². The second-order valence-electron chi connectivity index (χ2n) is 9.72. The van der Waals surface area contributed by atoms with Crippen molar-refractivity contribution in [2.24, 2.45) is 5.92 Å². The molecule has 0 aromatic heterocycles. The van der Waals surface area contributed by atoms with Crippen LogP contribution in [0.5, 0.6) is 0 Å². The van der Waals surface area contributed by atoms with Gasteiger partial charge in [-0.05, 0) is 38.5 Å². The molecule has 1 saturated carbocycles.